The van der Waals surface area contributed by atoms with Gasteiger partial charge in [-0.1, -0.05) is 30.3 Å². The normalized spacial score (nSPS) is 15.2. The van der Waals surface area contributed by atoms with Crippen molar-refractivity contribution in [2.75, 3.05) is 32.8 Å². The zero-order chi connectivity index (χ0) is 22.2. The average molecular weight is 438 g/mol. The zero-order valence-electron chi connectivity index (χ0n) is 18.3. The minimum atomic E-state index is -0.158. The van der Waals surface area contributed by atoms with E-state index in [-0.39, 0.29) is 11.8 Å². The number of piperidine rings is 1. The predicted octanol–water partition coefficient (Wildman–Crippen LogP) is 1.66. The van der Waals surface area contributed by atoms with Gasteiger partial charge in [-0.05, 0) is 42.7 Å². The van der Waals surface area contributed by atoms with Crippen LogP contribution in [-0.2, 0) is 13.1 Å². The molecule has 2 N–H and O–H groups in total. The lowest BCUT2D eigenvalue weighted by Crippen LogP contribution is -2.35. The fourth-order valence-electron chi connectivity index (χ4n) is 3.83. The molecule has 8 heteroatoms. The molecule has 1 aromatic heterocycles. The Labute approximate surface area is 188 Å². The molecule has 1 fully saturated rings. The van der Waals surface area contributed by atoms with E-state index in [0.29, 0.717) is 26.2 Å². The number of hydrogen-bond acceptors (Lipinski definition) is 6. The molecule has 0 saturated carbocycles. The van der Waals surface area contributed by atoms with Crippen molar-refractivity contribution in [1.82, 2.24) is 24.6 Å². The Bertz CT molecular complexity index is 1010. The van der Waals surface area contributed by atoms with Crippen molar-refractivity contribution < 1.29 is 9.84 Å². The first-order valence-electron chi connectivity index (χ1n) is 11.2. The molecule has 3 aromatic rings. The molecule has 0 amide bonds. The Kier molecular flexibility index (Phi) is 7.71. The van der Waals surface area contributed by atoms with Gasteiger partial charge in [0.05, 0.1) is 18.3 Å². The van der Waals surface area contributed by atoms with Crippen molar-refractivity contribution >= 4 is 0 Å². The molecule has 2 heterocycles. The number of hydrogen-bond donors (Lipinski definition) is 2. The predicted molar refractivity (Wildman–Crippen MR) is 123 cm³/mol. The van der Waals surface area contributed by atoms with E-state index < -0.39 is 0 Å². The third kappa shape index (κ3) is 6.06. The van der Waals surface area contributed by atoms with Gasteiger partial charge in [-0.2, -0.15) is 5.10 Å². The molecule has 0 radical (unpaired) electrons. The van der Waals surface area contributed by atoms with Crippen LogP contribution < -0.4 is 15.7 Å². The zero-order valence-corrected chi connectivity index (χ0v) is 18.3. The van der Waals surface area contributed by atoms with E-state index in [9.17, 15) is 9.90 Å². The van der Waals surface area contributed by atoms with Crippen LogP contribution in [0.1, 0.15) is 18.4 Å². The van der Waals surface area contributed by atoms with Gasteiger partial charge < -0.3 is 15.2 Å². The topological polar surface area (TPSA) is 84.5 Å². The summed E-state index contributed by atoms with van der Waals surface area (Å²) >= 11 is 0. The Balaban J connectivity index is 1.23. The summed E-state index contributed by atoms with van der Waals surface area (Å²) in [5, 5.41) is 17.2. The molecule has 0 bridgehead atoms. The lowest BCUT2D eigenvalue weighted by Gasteiger charge is -2.29. The van der Waals surface area contributed by atoms with E-state index in [2.05, 4.69) is 27.4 Å². The molecule has 1 aliphatic heterocycles. The number of ether oxygens (including phenoxy) is 1. The molecule has 1 saturated heterocycles. The van der Waals surface area contributed by atoms with E-state index in [1.807, 2.05) is 42.5 Å². The van der Waals surface area contributed by atoms with Gasteiger partial charge in [-0.3, -0.25) is 4.90 Å². The highest BCUT2D eigenvalue weighted by Gasteiger charge is 2.17. The van der Waals surface area contributed by atoms with Crippen molar-refractivity contribution in [1.29, 1.82) is 0 Å². The van der Waals surface area contributed by atoms with Crippen LogP contribution in [0.5, 0.6) is 5.75 Å². The summed E-state index contributed by atoms with van der Waals surface area (Å²) in [5.41, 5.74) is 1.86. The largest absolute Gasteiger partial charge is 0.492 e. The van der Waals surface area contributed by atoms with Gasteiger partial charge in [0.2, 0.25) is 0 Å². The smallest absolute Gasteiger partial charge is 0.350 e. The van der Waals surface area contributed by atoms with E-state index in [4.69, 9.17) is 4.74 Å². The Morgan fingerprint density at radius 2 is 1.78 bits per heavy atom. The highest BCUT2D eigenvalue weighted by molar-refractivity contribution is 5.34. The maximum absolute atomic E-state index is 12.7. The summed E-state index contributed by atoms with van der Waals surface area (Å²) in [6.45, 7) is 5.10. The molecule has 0 spiro atoms. The average Bonchev–Trinajstić information content (AvgIpc) is 3.19. The second-order valence-electron chi connectivity index (χ2n) is 8.09. The molecule has 1 aliphatic rings. The Morgan fingerprint density at radius 1 is 1.03 bits per heavy atom. The third-order valence-electron chi connectivity index (χ3n) is 5.70. The minimum absolute atomic E-state index is 0.148. The fourth-order valence-corrected chi connectivity index (χ4v) is 3.83. The third-order valence-corrected chi connectivity index (χ3v) is 5.70. The summed E-state index contributed by atoms with van der Waals surface area (Å²) in [7, 11) is 0. The summed E-state index contributed by atoms with van der Waals surface area (Å²) < 4.78 is 8.68. The number of benzene rings is 2. The highest BCUT2D eigenvalue weighted by atomic mass is 16.5. The lowest BCUT2D eigenvalue weighted by molar-refractivity contribution is 0.0792. The highest BCUT2D eigenvalue weighted by Crippen LogP contribution is 2.15. The van der Waals surface area contributed by atoms with Gasteiger partial charge in [-0.15, -0.1) is 0 Å². The summed E-state index contributed by atoms with van der Waals surface area (Å²) in [5.74, 6) is 0.852. The Morgan fingerprint density at radius 3 is 2.53 bits per heavy atom. The summed E-state index contributed by atoms with van der Waals surface area (Å²) in [6.07, 6.45) is 3.08. The molecule has 2 aromatic carbocycles. The molecule has 0 atom stereocenters. The van der Waals surface area contributed by atoms with Crippen LogP contribution in [0.2, 0.25) is 0 Å². The molecular weight excluding hydrogens is 406 g/mol. The fraction of sp³-hybridized carbons (Fsp3) is 0.417. The van der Waals surface area contributed by atoms with E-state index in [1.54, 1.807) is 10.9 Å². The SMILES string of the molecule is O=c1n(-c2ccc(CN3CCC(O)CC3)cc2)cnn1CCNCCOc1ccccc1. The van der Waals surface area contributed by atoms with Crippen LogP contribution in [-0.4, -0.2) is 63.2 Å². The van der Waals surface area contributed by atoms with E-state index in [1.165, 1.54) is 10.2 Å². The molecular formula is C24H31N5O3. The van der Waals surface area contributed by atoms with Gasteiger partial charge in [0, 0.05) is 32.7 Å². The number of likely N-dealkylation sites (tertiary alicyclic amines) is 1. The van der Waals surface area contributed by atoms with Gasteiger partial charge >= 0.3 is 5.69 Å². The van der Waals surface area contributed by atoms with Crippen LogP contribution in [0.15, 0.2) is 65.7 Å². The molecule has 0 unspecified atom stereocenters. The second kappa shape index (κ2) is 11.1. The number of para-hydroxylation sites is 1. The number of aliphatic hydroxyl groups is 1. The summed E-state index contributed by atoms with van der Waals surface area (Å²) in [6, 6.07) is 17.7. The first kappa shape index (κ1) is 22.3. The Hall–Kier alpha value is -2.94. The monoisotopic (exact) mass is 437 g/mol. The maximum Gasteiger partial charge on any atom is 0.350 e. The standard InChI is InChI=1S/C24H31N5O3/c30-22-10-14-27(15-11-22)18-20-6-8-21(9-7-20)28-19-26-29(24(28)31)16-12-25-13-17-32-23-4-2-1-3-5-23/h1-9,19,22,25,30H,10-18H2. The number of nitrogens with one attached hydrogen (secondary N) is 1. The first-order chi connectivity index (χ1) is 15.7. The van der Waals surface area contributed by atoms with Gasteiger partial charge in [0.1, 0.15) is 18.7 Å². The van der Waals surface area contributed by atoms with Crippen molar-refractivity contribution in [3.8, 4) is 11.4 Å². The molecule has 0 aliphatic carbocycles. The van der Waals surface area contributed by atoms with Crippen LogP contribution in [0.4, 0.5) is 0 Å². The first-order valence-corrected chi connectivity index (χ1v) is 11.2. The van der Waals surface area contributed by atoms with Gasteiger partial charge in [-0.25, -0.2) is 14.0 Å². The summed E-state index contributed by atoms with van der Waals surface area (Å²) in [4.78, 5) is 15.0. The number of aromatic nitrogens is 3. The number of aliphatic hydroxyl groups excluding tert-OH is 1. The van der Waals surface area contributed by atoms with Crippen molar-refractivity contribution in [3.05, 3.63) is 77.0 Å². The lowest BCUT2D eigenvalue weighted by atomic mass is 10.1. The van der Waals surface area contributed by atoms with Crippen molar-refractivity contribution in [2.24, 2.45) is 0 Å². The van der Waals surface area contributed by atoms with Gasteiger partial charge in [0.25, 0.3) is 0 Å². The number of rotatable bonds is 10. The van der Waals surface area contributed by atoms with Crippen LogP contribution >= 0.6 is 0 Å². The molecule has 170 valence electrons. The van der Waals surface area contributed by atoms with Crippen molar-refractivity contribution in [2.45, 2.75) is 32.0 Å². The molecule has 8 nitrogen and oxygen atoms in total. The van der Waals surface area contributed by atoms with Crippen molar-refractivity contribution in [3.63, 3.8) is 0 Å². The van der Waals surface area contributed by atoms with Gasteiger partial charge in [0.15, 0.2) is 0 Å². The van der Waals surface area contributed by atoms with E-state index in [0.717, 1.165) is 43.9 Å². The van der Waals surface area contributed by atoms with Crippen LogP contribution in [0.25, 0.3) is 5.69 Å². The second-order valence-corrected chi connectivity index (χ2v) is 8.09. The maximum atomic E-state index is 12.7. The van der Waals surface area contributed by atoms with Crippen LogP contribution in [0, 0.1) is 0 Å². The number of nitrogens with zero attached hydrogens (tertiary/aromatic N) is 4. The molecule has 4 rings (SSSR count). The quantitative estimate of drug-likeness (QED) is 0.470. The van der Waals surface area contributed by atoms with Crippen LogP contribution in [0.3, 0.4) is 0 Å². The molecule has 32 heavy (non-hydrogen) atoms. The van der Waals surface area contributed by atoms with E-state index >= 15 is 0 Å². The minimum Gasteiger partial charge on any atom is -0.492 e.